The fourth-order valence-electron chi connectivity index (χ4n) is 3.76. The number of ether oxygens (including phenoxy) is 1. The molecule has 2 aromatic carbocycles. The van der Waals surface area contributed by atoms with E-state index in [1.165, 1.54) is 0 Å². The Kier molecular flexibility index (Phi) is 5.74. The molecule has 3 amide bonds. The number of nitrogens with one attached hydrogen (secondary N) is 1. The smallest absolute Gasteiger partial charge is 0.261 e. The van der Waals surface area contributed by atoms with Gasteiger partial charge in [-0.2, -0.15) is 0 Å². The van der Waals surface area contributed by atoms with Crippen molar-refractivity contribution in [1.29, 1.82) is 0 Å². The van der Waals surface area contributed by atoms with E-state index < -0.39 is 0 Å². The van der Waals surface area contributed by atoms with Crippen LogP contribution in [0.4, 0.5) is 11.4 Å². The van der Waals surface area contributed by atoms with Crippen LogP contribution in [0.3, 0.4) is 0 Å². The van der Waals surface area contributed by atoms with Crippen LogP contribution >= 0.6 is 11.6 Å². The Hall–Kier alpha value is -2.90. The Labute approximate surface area is 179 Å². The molecule has 2 heterocycles. The highest BCUT2D eigenvalue weighted by atomic mass is 35.5. The van der Waals surface area contributed by atoms with Crippen molar-refractivity contribution in [3.8, 4) is 0 Å². The lowest BCUT2D eigenvalue weighted by atomic mass is 10.1. The van der Waals surface area contributed by atoms with E-state index in [2.05, 4.69) is 10.2 Å². The summed E-state index contributed by atoms with van der Waals surface area (Å²) in [5.41, 5.74) is 3.05. The molecule has 2 aliphatic heterocycles. The van der Waals surface area contributed by atoms with Gasteiger partial charge in [-0.05, 0) is 31.2 Å². The zero-order chi connectivity index (χ0) is 21.3. The van der Waals surface area contributed by atoms with Crippen LogP contribution in [0.2, 0.25) is 5.02 Å². The van der Waals surface area contributed by atoms with E-state index in [1.54, 1.807) is 36.4 Å². The van der Waals surface area contributed by atoms with Crippen LogP contribution < -0.4 is 10.2 Å². The molecule has 2 aliphatic rings. The molecule has 30 heavy (non-hydrogen) atoms. The molecule has 0 spiro atoms. The summed E-state index contributed by atoms with van der Waals surface area (Å²) in [4.78, 5) is 40.9. The lowest BCUT2D eigenvalue weighted by Gasteiger charge is -2.31. The molecule has 1 fully saturated rings. The van der Waals surface area contributed by atoms with Gasteiger partial charge in [0.1, 0.15) is 0 Å². The fourth-order valence-corrected chi connectivity index (χ4v) is 4.05. The SMILES string of the molecule is Cc1ccc2c(c1)C(=O)N(CCC(=O)Nc1cccc(Cl)c1N1CCOCC1)C2=O. The van der Waals surface area contributed by atoms with Gasteiger partial charge in [0.25, 0.3) is 11.8 Å². The topological polar surface area (TPSA) is 79.0 Å². The number of benzene rings is 2. The zero-order valence-corrected chi connectivity index (χ0v) is 17.4. The van der Waals surface area contributed by atoms with Gasteiger partial charge >= 0.3 is 0 Å². The highest BCUT2D eigenvalue weighted by Crippen LogP contribution is 2.34. The molecule has 8 heteroatoms. The number of nitrogens with zero attached hydrogens (tertiary/aromatic N) is 2. The van der Waals surface area contributed by atoms with Crippen molar-refractivity contribution >= 4 is 40.7 Å². The van der Waals surface area contributed by atoms with Crippen LogP contribution in [0.5, 0.6) is 0 Å². The van der Waals surface area contributed by atoms with Crippen molar-refractivity contribution < 1.29 is 19.1 Å². The van der Waals surface area contributed by atoms with Crippen LogP contribution in [-0.2, 0) is 9.53 Å². The molecule has 1 saturated heterocycles. The van der Waals surface area contributed by atoms with E-state index in [-0.39, 0.29) is 30.7 Å². The highest BCUT2D eigenvalue weighted by Gasteiger charge is 2.35. The van der Waals surface area contributed by atoms with E-state index >= 15 is 0 Å². The monoisotopic (exact) mass is 427 g/mol. The first-order valence-corrected chi connectivity index (χ1v) is 10.2. The summed E-state index contributed by atoms with van der Waals surface area (Å²) < 4.78 is 5.39. The molecule has 2 aromatic rings. The molecular weight excluding hydrogens is 406 g/mol. The third-order valence-electron chi connectivity index (χ3n) is 5.28. The molecule has 7 nitrogen and oxygen atoms in total. The van der Waals surface area contributed by atoms with Gasteiger partial charge in [0, 0.05) is 26.1 Å². The zero-order valence-electron chi connectivity index (χ0n) is 16.6. The molecule has 0 aliphatic carbocycles. The Balaban J connectivity index is 1.43. The Morgan fingerprint density at radius 2 is 1.83 bits per heavy atom. The van der Waals surface area contributed by atoms with Gasteiger partial charge in [-0.3, -0.25) is 19.3 Å². The predicted octanol–water partition coefficient (Wildman–Crippen LogP) is 3.11. The minimum atomic E-state index is -0.362. The van der Waals surface area contributed by atoms with Crippen molar-refractivity contribution in [3.05, 3.63) is 58.1 Å². The van der Waals surface area contributed by atoms with Crippen molar-refractivity contribution in [2.75, 3.05) is 43.1 Å². The van der Waals surface area contributed by atoms with E-state index in [0.717, 1.165) is 16.2 Å². The maximum Gasteiger partial charge on any atom is 0.261 e. The van der Waals surface area contributed by atoms with Gasteiger partial charge in [0.2, 0.25) is 5.91 Å². The second-order valence-electron chi connectivity index (χ2n) is 7.34. The standard InChI is InChI=1S/C22H22ClN3O4/c1-14-5-6-15-16(13-14)22(29)26(21(15)28)8-7-19(27)24-18-4-2-3-17(23)20(18)25-9-11-30-12-10-25/h2-6,13H,7-12H2,1H3,(H,24,27). The summed E-state index contributed by atoms with van der Waals surface area (Å²) in [6.45, 7) is 4.44. The van der Waals surface area contributed by atoms with Crippen molar-refractivity contribution in [2.45, 2.75) is 13.3 Å². The van der Waals surface area contributed by atoms with Crippen LogP contribution in [-0.4, -0.2) is 55.5 Å². The van der Waals surface area contributed by atoms with Gasteiger partial charge in [-0.15, -0.1) is 0 Å². The summed E-state index contributed by atoms with van der Waals surface area (Å²) in [7, 11) is 0. The average Bonchev–Trinajstić information content (AvgIpc) is 2.96. The summed E-state index contributed by atoms with van der Waals surface area (Å²) >= 11 is 6.40. The van der Waals surface area contributed by atoms with Gasteiger partial charge < -0.3 is 15.0 Å². The van der Waals surface area contributed by atoms with Gasteiger partial charge in [-0.1, -0.05) is 29.3 Å². The quantitative estimate of drug-likeness (QED) is 0.742. The number of carbonyl (C=O) groups is 3. The Morgan fingerprint density at radius 3 is 2.60 bits per heavy atom. The van der Waals surface area contributed by atoms with Crippen LogP contribution in [0.15, 0.2) is 36.4 Å². The van der Waals surface area contributed by atoms with Crippen LogP contribution in [0.25, 0.3) is 0 Å². The maximum atomic E-state index is 12.6. The number of hydrogen-bond donors (Lipinski definition) is 1. The lowest BCUT2D eigenvalue weighted by molar-refractivity contribution is -0.116. The molecule has 0 atom stereocenters. The molecule has 0 bridgehead atoms. The largest absolute Gasteiger partial charge is 0.378 e. The first-order chi connectivity index (χ1) is 14.5. The number of morpholine rings is 1. The number of rotatable bonds is 5. The van der Waals surface area contributed by atoms with E-state index in [4.69, 9.17) is 16.3 Å². The van der Waals surface area contributed by atoms with Crippen molar-refractivity contribution in [3.63, 3.8) is 0 Å². The maximum absolute atomic E-state index is 12.6. The number of amides is 3. The number of halogens is 1. The molecule has 0 saturated carbocycles. The number of para-hydroxylation sites is 1. The van der Waals surface area contributed by atoms with Crippen molar-refractivity contribution in [2.24, 2.45) is 0 Å². The summed E-state index contributed by atoms with van der Waals surface area (Å²) in [5, 5.41) is 3.42. The number of hydrogen-bond acceptors (Lipinski definition) is 5. The summed E-state index contributed by atoms with van der Waals surface area (Å²) in [6, 6.07) is 10.5. The molecule has 0 unspecified atom stereocenters. The number of anilines is 2. The first-order valence-electron chi connectivity index (χ1n) is 9.83. The second-order valence-corrected chi connectivity index (χ2v) is 7.75. The number of aryl methyl sites for hydroxylation is 1. The van der Waals surface area contributed by atoms with E-state index in [0.29, 0.717) is 48.1 Å². The summed E-state index contributed by atoms with van der Waals surface area (Å²) in [5.74, 6) is -1.01. The summed E-state index contributed by atoms with van der Waals surface area (Å²) in [6.07, 6.45) is -0.000481. The lowest BCUT2D eigenvalue weighted by Crippen LogP contribution is -2.37. The number of carbonyl (C=O) groups excluding carboxylic acids is 3. The Bertz CT molecular complexity index is 1020. The molecule has 156 valence electrons. The number of imide groups is 1. The molecule has 4 rings (SSSR count). The van der Waals surface area contributed by atoms with Crippen LogP contribution in [0.1, 0.15) is 32.7 Å². The predicted molar refractivity (Wildman–Crippen MR) is 114 cm³/mol. The highest BCUT2D eigenvalue weighted by molar-refractivity contribution is 6.34. The molecule has 0 radical (unpaired) electrons. The van der Waals surface area contributed by atoms with E-state index in [1.807, 2.05) is 6.92 Å². The van der Waals surface area contributed by atoms with Crippen molar-refractivity contribution in [1.82, 2.24) is 4.90 Å². The van der Waals surface area contributed by atoms with Gasteiger partial charge in [0.05, 0.1) is 40.7 Å². The third kappa shape index (κ3) is 3.91. The van der Waals surface area contributed by atoms with E-state index in [9.17, 15) is 14.4 Å². The fraction of sp³-hybridized carbons (Fsp3) is 0.318. The third-order valence-corrected chi connectivity index (χ3v) is 5.58. The Morgan fingerprint density at radius 1 is 1.10 bits per heavy atom. The second kappa shape index (κ2) is 8.45. The van der Waals surface area contributed by atoms with Gasteiger partial charge in [0.15, 0.2) is 0 Å². The minimum Gasteiger partial charge on any atom is -0.378 e. The van der Waals surface area contributed by atoms with Crippen LogP contribution in [0, 0.1) is 6.92 Å². The number of fused-ring (bicyclic) bond motifs is 1. The minimum absolute atomic E-state index is 0.000481. The molecule has 1 N–H and O–H groups in total. The normalized spacial score (nSPS) is 16.1. The molecule has 0 aromatic heterocycles. The average molecular weight is 428 g/mol. The molecular formula is C22H22ClN3O4. The first kappa shape index (κ1) is 20.4. The van der Waals surface area contributed by atoms with Gasteiger partial charge in [-0.25, -0.2) is 0 Å².